The van der Waals surface area contributed by atoms with Crippen LogP contribution >= 0.6 is 0 Å². The number of rotatable bonds is 5. The minimum Gasteiger partial charge on any atom is -0.336 e. The summed E-state index contributed by atoms with van der Waals surface area (Å²) in [6.07, 6.45) is 1.83. The molecule has 1 amide bonds. The van der Waals surface area contributed by atoms with E-state index in [9.17, 15) is 4.79 Å². The van der Waals surface area contributed by atoms with Gasteiger partial charge in [0.2, 0.25) is 5.91 Å². The monoisotopic (exact) mass is 235 g/mol. The second-order valence-electron chi connectivity index (χ2n) is 4.57. The van der Waals surface area contributed by atoms with Crippen LogP contribution in [-0.2, 0) is 11.3 Å². The SMILES string of the molecule is CC(=O)N(CCN(C)C)Cc1ccc(C)cn1. The van der Waals surface area contributed by atoms with E-state index < -0.39 is 0 Å². The molecule has 1 heterocycles. The number of hydrogen-bond donors (Lipinski definition) is 0. The molecule has 0 radical (unpaired) electrons. The lowest BCUT2D eigenvalue weighted by Gasteiger charge is -2.22. The number of carbonyl (C=O) groups is 1. The Hall–Kier alpha value is -1.42. The lowest BCUT2D eigenvalue weighted by atomic mass is 10.2. The number of aryl methyl sites for hydroxylation is 1. The normalized spacial score (nSPS) is 10.6. The van der Waals surface area contributed by atoms with Crippen molar-refractivity contribution in [3.05, 3.63) is 29.6 Å². The summed E-state index contributed by atoms with van der Waals surface area (Å²) in [4.78, 5) is 19.7. The van der Waals surface area contributed by atoms with Gasteiger partial charge >= 0.3 is 0 Å². The maximum absolute atomic E-state index is 11.5. The van der Waals surface area contributed by atoms with Gasteiger partial charge in [0, 0.05) is 26.2 Å². The van der Waals surface area contributed by atoms with Gasteiger partial charge < -0.3 is 9.80 Å². The first-order chi connectivity index (χ1) is 7.99. The minimum absolute atomic E-state index is 0.0919. The molecule has 1 aromatic rings. The molecule has 4 nitrogen and oxygen atoms in total. The molecule has 94 valence electrons. The molecule has 0 bridgehead atoms. The van der Waals surface area contributed by atoms with Crippen LogP contribution in [0.3, 0.4) is 0 Å². The molecule has 0 fully saturated rings. The average Bonchev–Trinajstić information content (AvgIpc) is 2.26. The second kappa shape index (κ2) is 6.35. The van der Waals surface area contributed by atoms with Crippen LogP contribution < -0.4 is 0 Å². The van der Waals surface area contributed by atoms with E-state index in [4.69, 9.17) is 0 Å². The molecule has 0 atom stereocenters. The first-order valence-electron chi connectivity index (χ1n) is 5.81. The number of likely N-dealkylation sites (N-methyl/N-ethyl adjacent to an activating group) is 1. The molecular formula is C13H21N3O. The summed E-state index contributed by atoms with van der Waals surface area (Å²) >= 11 is 0. The fraction of sp³-hybridized carbons (Fsp3) is 0.538. The van der Waals surface area contributed by atoms with Crippen molar-refractivity contribution < 1.29 is 4.79 Å². The van der Waals surface area contributed by atoms with E-state index in [2.05, 4.69) is 9.88 Å². The van der Waals surface area contributed by atoms with Crippen molar-refractivity contribution in [2.45, 2.75) is 20.4 Å². The lowest BCUT2D eigenvalue weighted by molar-refractivity contribution is -0.129. The van der Waals surface area contributed by atoms with Crippen LogP contribution in [0.15, 0.2) is 18.3 Å². The molecular weight excluding hydrogens is 214 g/mol. The summed E-state index contributed by atoms with van der Waals surface area (Å²) in [5.41, 5.74) is 2.07. The molecule has 0 unspecified atom stereocenters. The molecule has 0 spiro atoms. The third-order valence-electron chi connectivity index (χ3n) is 2.59. The highest BCUT2D eigenvalue weighted by Crippen LogP contribution is 2.03. The maximum Gasteiger partial charge on any atom is 0.219 e. The maximum atomic E-state index is 11.5. The molecule has 0 saturated heterocycles. The zero-order valence-corrected chi connectivity index (χ0v) is 11.1. The Morgan fingerprint density at radius 2 is 2.00 bits per heavy atom. The number of amides is 1. The van der Waals surface area contributed by atoms with Crippen molar-refractivity contribution in [3.63, 3.8) is 0 Å². The van der Waals surface area contributed by atoms with Crippen LogP contribution in [-0.4, -0.2) is 47.9 Å². The number of carbonyl (C=O) groups excluding carboxylic acids is 1. The molecule has 17 heavy (non-hydrogen) atoms. The molecule has 0 saturated carbocycles. The van der Waals surface area contributed by atoms with E-state index in [0.717, 1.165) is 24.3 Å². The Balaban J connectivity index is 2.60. The molecule has 1 aromatic heterocycles. The highest BCUT2D eigenvalue weighted by molar-refractivity contribution is 5.73. The van der Waals surface area contributed by atoms with Gasteiger partial charge in [0.05, 0.1) is 12.2 Å². The standard InChI is InChI=1S/C13H21N3O/c1-11-5-6-13(14-9-11)10-16(12(2)17)8-7-15(3)4/h5-6,9H,7-8,10H2,1-4H3. The van der Waals surface area contributed by atoms with Crippen LogP contribution in [0.25, 0.3) is 0 Å². The first kappa shape index (κ1) is 13.6. The Labute approximate surface area is 103 Å². The third kappa shape index (κ3) is 4.95. The zero-order valence-electron chi connectivity index (χ0n) is 11.1. The van der Waals surface area contributed by atoms with Crippen molar-refractivity contribution in [2.24, 2.45) is 0 Å². The van der Waals surface area contributed by atoms with Gasteiger partial charge in [0.15, 0.2) is 0 Å². The van der Waals surface area contributed by atoms with Crippen molar-refractivity contribution in [3.8, 4) is 0 Å². The predicted molar refractivity (Wildman–Crippen MR) is 68.6 cm³/mol. The van der Waals surface area contributed by atoms with Gasteiger partial charge in [-0.15, -0.1) is 0 Å². The fourth-order valence-electron chi connectivity index (χ4n) is 1.46. The Bertz CT molecular complexity index is 359. The molecule has 1 rings (SSSR count). The quantitative estimate of drug-likeness (QED) is 0.772. The Morgan fingerprint density at radius 1 is 1.29 bits per heavy atom. The van der Waals surface area contributed by atoms with Gasteiger partial charge in [0.25, 0.3) is 0 Å². The molecule has 0 N–H and O–H groups in total. The van der Waals surface area contributed by atoms with Gasteiger partial charge in [-0.05, 0) is 32.6 Å². The van der Waals surface area contributed by atoms with E-state index in [-0.39, 0.29) is 5.91 Å². The van der Waals surface area contributed by atoms with Crippen LogP contribution in [0, 0.1) is 6.92 Å². The number of pyridine rings is 1. The van der Waals surface area contributed by atoms with Crippen LogP contribution in [0.1, 0.15) is 18.2 Å². The van der Waals surface area contributed by atoms with Gasteiger partial charge in [-0.25, -0.2) is 0 Å². The van der Waals surface area contributed by atoms with E-state index >= 15 is 0 Å². The summed E-state index contributed by atoms with van der Waals surface area (Å²) in [5.74, 6) is 0.0919. The van der Waals surface area contributed by atoms with Gasteiger partial charge in [-0.1, -0.05) is 6.07 Å². The smallest absolute Gasteiger partial charge is 0.219 e. The van der Waals surface area contributed by atoms with E-state index in [0.29, 0.717) is 6.54 Å². The number of hydrogen-bond acceptors (Lipinski definition) is 3. The first-order valence-corrected chi connectivity index (χ1v) is 5.81. The van der Waals surface area contributed by atoms with Crippen LogP contribution in [0.4, 0.5) is 0 Å². The lowest BCUT2D eigenvalue weighted by Crippen LogP contribution is -2.34. The summed E-state index contributed by atoms with van der Waals surface area (Å²) in [6, 6.07) is 3.99. The van der Waals surface area contributed by atoms with Gasteiger partial charge in [0.1, 0.15) is 0 Å². The molecule has 0 aliphatic rings. The van der Waals surface area contributed by atoms with Crippen molar-refractivity contribution >= 4 is 5.91 Å². The summed E-state index contributed by atoms with van der Waals surface area (Å²) in [5, 5.41) is 0. The molecule has 0 aromatic carbocycles. The Kier molecular flexibility index (Phi) is 5.10. The minimum atomic E-state index is 0.0919. The highest BCUT2D eigenvalue weighted by Gasteiger charge is 2.10. The van der Waals surface area contributed by atoms with E-state index in [1.807, 2.05) is 44.2 Å². The molecule has 0 aliphatic heterocycles. The summed E-state index contributed by atoms with van der Waals surface area (Å²) in [7, 11) is 4.00. The fourth-order valence-corrected chi connectivity index (χ4v) is 1.46. The summed E-state index contributed by atoms with van der Waals surface area (Å²) in [6.45, 7) is 5.79. The predicted octanol–water partition coefficient (Wildman–Crippen LogP) is 1.30. The Morgan fingerprint density at radius 3 is 2.47 bits per heavy atom. The largest absolute Gasteiger partial charge is 0.336 e. The van der Waals surface area contributed by atoms with E-state index in [1.165, 1.54) is 0 Å². The van der Waals surface area contributed by atoms with Gasteiger partial charge in [-0.3, -0.25) is 9.78 Å². The van der Waals surface area contributed by atoms with Crippen LogP contribution in [0.5, 0.6) is 0 Å². The van der Waals surface area contributed by atoms with Crippen molar-refractivity contribution in [2.75, 3.05) is 27.2 Å². The van der Waals surface area contributed by atoms with Crippen LogP contribution in [0.2, 0.25) is 0 Å². The van der Waals surface area contributed by atoms with Crippen molar-refractivity contribution in [1.29, 1.82) is 0 Å². The van der Waals surface area contributed by atoms with E-state index in [1.54, 1.807) is 6.92 Å². The third-order valence-corrected chi connectivity index (χ3v) is 2.59. The molecule has 0 aliphatic carbocycles. The average molecular weight is 235 g/mol. The highest BCUT2D eigenvalue weighted by atomic mass is 16.2. The molecule has 4 heteroatoms. The summed E-state index contributed by atoms with van der Waals surface area (Å²) < 4.78 is 0. The zero-order chi connectivity index (χ0) is 12.8. The van der Waals surface area contributed by atoms with Gasteiger partial charge in [-0.2, -0.15) is 0 Å². The number of nitrogens with zero attached hydrogens (tertiary/aromatic N) is 3. The topological polar surface area (TPSA) is 36.4 Å². The van der Waals surface area contributed by atoms with Crippen molar-refractivity contribution in [1.82, 2.24) is 14.8 Å². The number of aromatic nitrogens is 1. The second-order valence-corrected chi connectivity index (χ2v) is 4.57.